The first kappa shape index (κ1) is 16.6. The standard InChI is InChI=1S/C13H17FO5S/c1-4-18-12(15)13(3,14)9-19-20(16,17)11-7-5-10(2)6-8-11/h5-8H,4,9H2,1-3H3. The van der Waals surface area contributed by atoms with Gasteiger partial charge in [0.05, 0.1) is 11.5 Å². The molecule has 0 bridgehead atoms. The number of carbonyl (C=O) groups excluding carboxylic acids is 1. The molecule has 0 aromatic heterocycles. The largest absolute Gasteiger partial charge is 0.464 e. The van der Waals surface area contributed by atoms with Gasteiger partial charge in [-0.15, -0.1) is 0 Å². The van der Waals surface area contributed by atoms with E-state index in [0.717, 1.165) is 12.5 Å². The SMILES string of the molecule is CCOC(=O)C(C)(F)COS(=O)(=O)c1ccc(C)cc1. The number of esters is 1. The van der Waals surface area contributed by atoms with Gasteiger partial charge >= 0.3 is 5.97 Å². The quantitative estimate of drug-likeness (QED) is 0.594. The normalized spacial score (nSPS) is 14.6. The summed E-state index contributed by atoms with van der Waals surface area (Å²) in [5.41, 5.74) is -1.64. The number of rotatable bonds is 6. The molecule has 0 spiro atoms. The van der Waals surface area contributed by atoms with E-state index < -0.39 is 28.4 Å². The van der Waals surface area contributed by atoms with Crippen LogP contribution in [0.1, 0.15) is 19.4 Å². The lowest BCUT2D eigenvalue weighted by molar-refractivity contribution is -0.157. The van der Waals surface area contributed by atoms with Crippen LogP contribution in [0.3, 0.4) is 0 Å². The molecule has 0 saturated heterocycles. The van der Waals surface area contributed by atoms with Crippen molar-refractivity contribution in [3.8, 4) is 0 Å². The first-order valence-electron chi connectivity index (χ1n) is 6.01. The lowest BCUT2D eigenvalue weighted by Gasteiger charge is -2.17. The van der Waals surface area contributed by atoms with Crippen molar-refractivity contribution in [2.24, 2.45) is 0 Å². The number of halogens is 1. The molecule has 20 heavy (non-hydrogen) atoms. The van der Waals surface area contributed by atoms with Gasteiger partial charge in [0.25, 0.3) is 10.1 Å². The fourth-order valence-electron chi connectivity index (χ4n) is 1.30. The second kappa shape index (κ2) is 6.32. The number of alkyl halides is 1. The van der Waals surface area contributed by atoms with Gasteiger partial charge < -0.3 is 4.74 Å². The van der Waals surface area contributed by atoms with Gasteiger partial charge in [0.15, 0.2) is 0 Å². The summed E-state index contributed by atoms with van der Waals surface area (Å²) < 4.78 is 46.7. The fraction of sp³-hybridized carbons (Fsp3) is 0.462. The number of benzene rings is 1. The van der Waals surface area contributed by atoms with Crippen LogP contribution in [0.5, 0.6) is 0 Å². The molecule has 1 rings (SSSR count). The van der Waals surface area contributed by atoms with E-state index in [1.165, 1.54) is 19.1 Å². The summed E-state index contributed by atoms with van der Waals surface area (Å²) in [6, 6.07) is 5.89. The van der Waals surface area contributed by atoms with Gasteiger partial charge in [-0.1, -0.05) is 17.7 Å². The number of aryl methyl sites for hydroxylation is 1. The molecule has 1 atom stereocenters. The van der Waals surface area contributed by atoms with E-state index in [1.54, 1.807) is 19.1 Å². The molecule has 0 aliphatic rings. The predicted octanol–water partition coefficient (Wildman–Crippen LogP) is 1.99. The van der Waals surface area contributed by atoms with E-state index >= 15 is 0 Å². The maximum atomic E-state index is 13.9. The molecule has 0 heterocycles. The average molecular weight is 304 g/mol. The summed E-state index contributed by atoms with van der Waals surface area (Å²) in [6.07, 6.45) is 0. The van der Waals surface area contributed by atoms with Crippen LogP contribution in [0.15, 0.2) is 29.2 Å². The molecular weight excluding hydrogens is 287 g/mol. The highest BCUT2D eigenvalue weighted by atomic mass is 32.2. The van der Waals surface area contributed by atoms with Crippen LogP contribution in [-0.4, -0.2) is 33.3 Å². The van der Waals surface area contributed by atoms with Crippen LogP contribution in [0.25, 0.3) is 0 Å². The molecular formula is C13H17FO5S. The van der Waals surface area contributed by atoms with E-state index in [1.807, 2.05) is 0 Å². The van der Waals surface area contributed by atoms with Gasteiger partial charge in [0.1, 0.15) is 6.61 Å². The molecule has 0 saturated carbocycles. The number of hydrogen-bond donors (Lipinski definition) is 0. The zero-order valence-electron chi connectivity index (χ0n) is 11.6. The third-order valence-corrected chi connectivity index (χ3v) is 3.77. The molecule has 112 valence electrons. The van der Waals surface area contributed by atoms with E-state index in [0.29, 0.717) is 0 Å². The zero-order chi connectivity index (χ0) is 15.4. The summed E-state index contributed by atoms with van der Waals surface area (Å²) >= 11 is 0. The Labute approximate surface area is 117 Å². The van der Waals surface area contributed by atoms with Gasteiger partial charge in [-0.05, 0) is 32.9 Å². The first-order chi connectivity index (χ1) is 9.19. The first-order valence-corrected chi connectivity index (χ1v) is 7.42. The molecule has 1 unspecified atom stereocenters. The van der Waals surface area contributed by atoms with Gasteiger partial charge in [0, 0.05) is 0 Å². The summed E-state index contributed by atoms with van der Waals surface area (Å²) in [5, 5.41) is 0. The lowest BCUT2D eigenvalue weighted by atomic mass is 10.1. The average Bonchev–Trinajstić information content (AvgIpc) is 2.37. The van der Waals surface area contributed by atoms with Crippen molar-refractivity contribution in [3.63, 3.8) is 0 Å². The van der Waals surface area contributed by atoms with Gasteiger partial charge in [-0.3, -0.25) is 4.18 Å². The molecule has 7 heteroatoms. The van der Waals surface area contributed by atoms with Gasteiger partial charge in [0.2, 0.25) is 5.67 Å². The highest BCUT2D eigenvalue weighted by molar-refractivity contribution is 7.86. The predicted molar refractivity (Wildman–Crippen MR) is 70.5 cm³/mol. The molecule has 0 fully saturated rings. The van der Waals surface area contributed by atoms with E-state index in [4.69, 9.17) is 0 Å². The second-order valence-corrected chi connectivity index (χ2v) is 6.06. The minimum atomic E-state index is -4.11. The Bertz CT molecular complexity index is 563. The molecule has 0 N–H and O–H groups in total. The Morgan fingerprint density at radius 3 is 2.35 bits per heavy atom. The monoisotopic (exact) mass is 304 g/mol. The Kier molecular flexibility index (Phi) is 5.24. The molecule has 0 aliphatic carbocycles. The van der Waals surface area contributed by atoms with Crippen LogP contribution >= 0.6 is 0 Å². The van der Waals surface area contributed by atoms with Crippen LogP contribution in [-0.2, 0) is 23.8 Å². The highest BCUT2D eigenvalue weighted by Crippen LogP contribution is 2.18. The Morgan fingerprint density at radius 1 is 1.30 bits per heavy atom. The zero-order valence-corrected chi connectivity index (χ0v) is 12.4. The summed E-state index contributed by atoms with van der Waals surface area (Å²) in [4.78, 5) is 11.2. The Hall–Kier alpha value is -1.47. The molecule has 1 aromatic carbocycles. The lowest BCUT2D eigenvalue weighted by Crippen LogP contribution is -2.38. The maximum Gasteiger partial charge on any atom is 0.346 e. The van der Waals surface area contributed by atoms with Crippen molar-refractivity contribution in [1.82, 2.24) is 0 Å². The molecule has 0 amide bonds. The van der Waals surface area contributed by atoms with Crippen LogP contribution in [0, 0.1) is 6.92 Å². The minimum Gasteiger partial charge on any atom is -0.464 e. The maximum absolute atomic E-state index is 13.9. The van der Waals surface area contributed by atoms with Crippen LogP contribution in [0.4, 0.5) is 4.39 Å². The summed E-state index contributed by atoms with van der Waals surface area (Å²) in [7, 11) is -4.11. The van der Waals surface area contributed by atoms with Crippen molar-refractivity contribution in [2.45, 2.75) is 31.3 Å². The van der Waals surface area contributed by atoms with Crippen molar-refractivity contribution < 1.29 is 26.5 Å². The Morgan fingerprint density at radius 2 is 1.85 bits per heavy atom. The number of hydrogen-bond acceptors (Lipinski definition) is 5. The number of carbonyl (C=O) groups is 1. The fourth-order valence-corrected chi connectivity index (χ4v) is 2.28. The third-order valence-electron chi connectivity index (χ3n) is 2.50. The van der Waals surface area contributed by atoms with Gasteiger partial charge in [-0.25, -0.2) is 9.18 Å². The Balaban J connectivity index is 2.77. The summed E-state index contributed by atoms with van der Waals surface area (Å²) in [6.45, 7) is 3.31. The van der Waals surface area contributed by atoms with E-state index in [-0.39, 0.29) is 11.5 Å². The molecule has 1 aromatic rings. The van der Waals surface area contributed by atoms with Crippen molar-refractivity contribution in [3.05, 3.63) is 29.8 Å². The minimum absolute atomic E-state index is 0.00303. The van der Waals surface area contributed by atoms with E-state index in [9.17, 15) is 17.6 Å². The third kappa shape index (κ3) is 4.28. The summed E-state index contributed by atoms with van der Waals surface area (Å²) in [5.74, 6) is -1.15. The highest BCUT2D eigenvalue weighted by Gasteiger charge is 2.37. The molecule has 0 aliphatic heterocycles. The van der Waals surface area contributed by atoms with Gasteiger partial charge in [-0.2, -0.15) is 8.42 Å². The van der Waals surface area contributed by atoms with Crippen LogP contribution < -0.4 is 0 Å². The van der Waals surface area contributed by atoms with Crippen molar-refractivity contribution in [1.29, 1.82) is 0 Å². The smallest absolute Gasteiger partial charge is 0.346 e. The topological polar surface area (TPSA) is 69.7 Å². The van der Waals surface area contributed by atoms with Crippen molar-refractivity contribution in [2.75, 3.05) is 13.2 Å². The molecule has 0 radical (unpaired) electrons. The number of ether oxygens (including phenoxy) is 1. The van der Waals surface area contributed by atoms with Crippen molar-refractivity contribution >= 4 is 16.1 Å². The van der Waals surface area contributed by atoms with Crippen LogP contribution in [0.2, 0.25) is 0 Å². The van der Waals surface area contributed by atoms with E-state index in [2.05, 4.69) is 8.92 Å². The second-order valence-electron chi connectivity index (χ2n) is 4.45. The molecule has 5 nitrogen and oxygen atoms in total.